The van der Waals surface area contributed by atoms with Crippen molar-refractivity contribution >= 4 is 45.7 Å². The van der Waals surface area contributed by atoms with Crippen molar-refractivity contribution < 1.29 is 14.6 Å². The van der Waals surface area contributed by atoms with Gasteiger partial charge in [-0.25, -0.2) is 4.98 Å². The van der Waals surface area contributed by atoms with Gasteiger partial charge in [-0.15, -0.1) is 0 Å². The predicted molar refractivity (Wildman–Crippen MR) is 103 cm³/mol. The van der Waals surface area contributed by atoms with Crippen LogP contribution in [0.4, 0.5) is 5.69 Å². The van der Waals surface area contributed by atoms with Crippen LogP contribution in [0.15, 0.2) is 36.4 Å². The number of phenols is 1. The number of amides is 1. The lowest BCUT2D eigenvalue weighted by Gasteiger charge is -2.13. The lowest BCUT2D eigenvalue weighted by molar-refractivity contribution is -0.118. The lowest BCUT2D eigenvalue weighted by Crippen LogP contribution is -2.20. The third-order valence-electron chi connectivity index (χ3n) is 3.75. The molecule has 1 aromatic heterocycles. The summed E-state index contributed by atoms with van der Waals surface area (Å²) in [5.74, 6) is -0.153. The Morgan fingerprint density at radius 2 is 1.92 bits per heavy atom. The number of benzene rings is 2. The van der Waals surface area contributed by atoms with Gasteiger partial charge in [-0.05, 0) is 49.7 Å². The lowest BCUT2D eigenvalue weighted by atomic mass is 10.2. The maximum atomic E-state index is 12.2. The maximum Gasteiger partial charge on any atom is 0.262 e. The van der Waals surface area contributed by atoms with Gasteiger partial charge in [-0.1, -0.05) is 29.3 Å². The molecule has 0 saturated carbocycles. The third-order valence-corrected chi connectivity index (χ3v) is 4.35. The van der Waals surface area contributed by atoms with Crippen LogP contribution in [0.1, 0.15) is 11.3 Å². The Balaban J connectivity index is 1.81. The smallest absolute Gasteiger partial charge is 0.262 e. The van der Waals surface area contributed by atoms with Crippen LogP contribution in [0.5, 0.6) is 11.5 Å². The molecule has 0 radical (unpaired) electrons. The number of aromatic nitrogens is 1. The summed E-state index contributed by atoms with van der Waals surface area (Å²) in [5.41, 5.74) is 2.46. The Hall–Kier alpha value is -2.50. The molecule has 1 heterocycles. The van der Waals surface area contributed by atoms with Crippen LogP contribution in [0.3, 0.4) is 0 Å². The van der Waals surface area contributed by atoms with Gasteiger partial charge in [0.25, 0.3) is 5.91 Å². The number of anilines is 1. The van der Waals surface area contributed by atoms with Crippen molar-refractivity contribution in [3.8, 4) is 11.5 Å². The number of halogens is 2. The van der Waals surface area contributed by atoms with Crippen LogP contribution in [0, 0.1) is 13.8 Å². The number of carbonyl (C=O) groups excluding carboxylic acids is 1. The van der Waals surface area contributed by atoms with E-state index in [1.54, 1.807) is 24.3 Å². The molecule has 0 aliphatic heterocycles. The standard InChI is InChI=1S/C19H16Cl2N2O3/c1-10-3-6-15(16(24)7-10)23-17(25)9-26-19-14(21)8-13(20)12-5-4-11(2)22-18(12)19/h3-8,24H,9H2,1-2H3,(H,23,25). The molecule has 7 heteroatoms. The van der Waals surface area contributed by atoms with Gasteiger partial charge in [0.2, 0.25) is 0 Å². The summed E-state index contributed by atoms with van der Waals surface area (Å²) in [6.07, 6.45) is 0. The van der Waals surface area contributed by atoms with E-state index < -0.39 is 5.91 Å². The highest BCUT2D eigenvalue weighted by molar-refractivity contribution is 6.39. The van der Waals surface area contributed by atoms with Gasteiger partial charge in [-0.2, -0.15) is 0 Å². The van der Waals surface area contributed by atoms with Gasteiger partial charge in [0.15, 0.2) is 12.4 Å². The molecule has 0 fully saturated rings. The summed E-state index contributed by atoms with van der Waals surface area (Å²) in [7, 11) is 0. The van der Waals surface area contributed by atoms with Crippen molar-refractivity contribution in [1.29, 1.82) is 0 Å². The van der Waals surface area contributed by atoms with Gasteiger partial charge >= 0.3 is 0 Å². The van der Waals surface area contributed by atoms with Crippen molar-refractivity contribution in [2.45, 2.75) is 13.8 Å². The molecule has 26 heavy (non-hydrogen) atoms. The zero-order chi connectivity index (χ0) is 18.8. The molecule has 3 rings (SSSR count). The summed E-state index contributed by atoms with van der Waals surface area (Å²) in [6, 6.07) is 10.2. The average molecular weight is 391 g/mol. The highest BCUT2D eigenvalue weighted by Crippen LogP contribution is 2.37. The Labute approximate surface area is 160 Å². The van der Waals surface area contributed by atoms with E-state index in [0.717, 1.165) is 11.3 Å². The molecule has 0 aliphatic carbocycles. The zero-order valence-electron chi connectivity index (χ0n) is 14.1. The summed E-state index contributed by atoms with van der Waals surface area (Å²) in [5, 5.41) is 13.9. The molecule has 0 atom stereocenters. The Bertz CT molecular complexity index is 1010. The number of aromatic hydroxyl groups is 1. The molecule has 2 N–H and O–H groups in total. The SMILES string of the molecule is Cc1ccc(NC(=O)COc2c(Cl)cc(Cl)c3ccc(C)nc23)c(O)c1. The van der Waals surface area contributed by atoms with Crippen LogP contribution in [-0.2, 0) is 4.79 Å². The number of rotatable bonds is 4. The average Bonchev–Trinajstić information content (AvgIpc) is 2.57. The fourth-order valence-electron chi connectivity index (χ4n) is 2.50. The zero-order valence-corrected chi connectivity index (χ0v) is 15.6. The number of nitrogens with one attached hydrogen (secondary N) is 1. The minimum atomic E-state index is -0.434. The first-order chi connectivity index (χ1) is 12.3. The maximum absolute atomic E-state index is 12.2. The number of nitrogens with zero attached hydrogens (tertiary/aromatic N) is 1. The summed E-state index contributed by atoms with van der Waals surface area (Å²) < 4.78 is 5.61. The Morgan fingerprint density at radius 3 is 2.65 bits per heavy atom. The topological polar surface area (TPSA) is 71.5 Å². The van der Waals surface area contributed by atoms with Crippen molar-refractivity contribution in [3.63, 3.8) is 0 Å². The molecule has 0 bridgehead atoms. The third kappa shape index (κ3) is 3.84. The van der Waals surface area contributed by atoms with E-state index in [9.17, 15) is 9.90 Å². The van der Waals surface area contributed by atoms with Crippen LogP contribution >= 0.6 is 23.2 Å². The number of carbonyl (C=O) groups is 1. The first kappa shape index (κ1) is 18.3. The molecule has 5 nitrogen and oxygen atoms in total. The quantitative estimate of drug-likeness (QED) is 0.622. The highest BCUT2D eigenvalue weighted by Gasteiger charge is 2.15. The van der Waals surface area contributed by atoms with Crippen molar-refractivity contribution in [2.24, 2.45) is 0 Å². The Morgan fingerprint density at radius 1 is 1.15 bits per heavy atom. The summed E-state index contributed by atoms with van der Waals surface area (Å²) in [4.78, 5) is 16.6. The minimum absolute atomic E-state index is 0.00869. The number of fused-ring (bicyclic) bond motifs is 1. The highest BCUT2D eigenvalue weighted by atomic mass is 35.5. The minimum Gasteiger partial charge on any atom is -0.506 e. The largest absolute Gasteiger partial charge is 0.506 e. The first-order valence-electron chi connectivity index (χ1n) is 7.83. The number of phenolic OH excluding ortho intramolecular Hbond substituents is 1. The van der Waals surface area contributed by atoms with Gasteiger partial charge in [0.05, 0.1) is 15.7 Å². The van der Waals surface area contributed by atoms with Gasteiger partial charge in [0, 0.05) is 11.1 Å². The van der Waals surface area contributed by atoms with Gasteiger partial charge in [-0.3, -0.25) is 4.79 Å². The second-order valence-corrected chi connectivity index (χ2v) is 6.69. The van der Waals surface area contributed by atoms with Crippen molar-refractivity contribution in [1.82, 2.24) is 4.98 Å². The molecule has 2 aromatic carbocycles. The van der Waals surface area contributed by atoms with Crippen LogP contribution in [0.2, 0.25) is 10.0 Å². The molecule has 0 aliphatic rings. The number of pyridine rings is 1. The summed E-state index contributed by atoms with van der Waals surface area (Å²) >= 11 is 12.4. The van der Waals surface area contributed by atoms with Crippen molar-refractivity contribution in [2.75, 3.05) is 11.9 Å². The normalized spacial score (nSPS) is 10.8. The fraction of sp³-hybridized carbons (Fsp3) is 0.158. The second kappa shape index (κ2) is 7.40. The number of hydrogen-bond acceptors (Lipinski definition) is 4. The predicted octanol–water partition coefficient (Wildman–Crippen LogP) is 4.88. The molecule has 0 unspecified atom stereocenters. The monoisotopic (exact) mass is 390 g/mol. The summed E-state index contributed by atoms with van der Waals surface area (Å²) in [6.45, 7) is 3.39. The first-order valence-corrected chi connectivity index (χ1v) is 8.58. The van der Waals surface area contributed by atoms with Crippen LogP contribution in [0.25, 0.3) is 10.9 Å². The molecular weight excluding hydrogens is 375 g/mol. The second-order valence-electron chi connectivity index (χ2n) is 5.88. The fourth-order valence-corrected chi connectivity index (χ4v) is 3.07. The molecule has 3 aromatic rings. The van der Waals surface area contributed by atoms with E-state index in [-0.39, 0.29) is 23.1 Å². The molecule has 134 valence electrons. The van der Waals surface area contributed by atoms with E-state index in [2.05, 4.69) is 10.3 Å². The van der Waals surface area contributed by atoms with E-state index in [1.165, 1.54) is 0 Å². The Kier molecular flexibility index (Phi) is 5.20. The molecule has 1 amide bonds. The number of ether oxygens (including phenoxy) is 1. The molecular formula is C19H16Cl2N2O3. The van der Waals surface area contributed by atoms with E-state index >= 15 is 0 Å². The van der Waals surface area contributed by atoms with E-state index in [1.807, 2.05) is 26.0 Å². The van der Waals surface area contributed by atoms with Gasteiger partial charge < -0.3 is 15.2 Å². The molecule has 0 spiro atoms. The van der Waals surface area contributed by atoms with Crippen LogP contribution < -0.4 is 10.1 Å². The van der Waals surface area contributed by atoms with Crippen LogP contribution in [-0.4, -0.2) is 22.6 Å². The van der Waals surface area contributed by atoms with E-state index in [0.29, 0.717) is 21.6 Å². The van der Waals surface area contributed by atoms with Gasteiger partial charge in [0.1, 0.15) is 11.3 Å². The van der Waals surface area contributed by atoms with E-state index in [4.69, 9.17) is 27.9 Å². The van der Waals surface area contributed by atoms with Crippen molar-refractivity contribution in [3.05, 3.63) is 57.7 Å². The number of aryl methyl sites for hydroxylation is 2. The molecule has 0 saturated heterocycles. The number of hydrogen-bond donors (Lipinski definition) is 2.